The molecule has 0 aliphatic rings. The van der Waals surface area contributed by atoms with Gasteiger partial charge in [0, 0.05) is 17.6 Å². The number of aromatic nitrogens is 2. The molecule has 0 saturated heterocycles. The van der Waals surface area contributed by atoms with E-state index in [1.165, 1.54) is 6.07 Å². The van der Waals surface area contributed by atoms with Crippen LogP contribution in [0.3, 0.4) is 0 Å². The van der Waals surface area contributed by atoms with E-state index in [1.807, 2.05) is 6.92 Å². The van der Waals surface area contributed by atoms with Crippen molar-refractivity contribution in [2.75, 3.05) is 18.5 Å². The second kappa shape index (κ2) is 7.81. The van der Waals surface area contributed by atoms with Gasteiger partial charge in [-0.15, -0.1) is 0 Å². The lowest BCUT2D eigenvalue weighted by Gasteiger charge is -2.29. The van der Waals surface area contributed by atoms with Gasteiger partial charge in [0.1, 0.15) is 11.6 Å². The largest absolute Gasteiger partial charge is 0.454 e. The molecule has 3 aromatic rings. The minimum atomic E-state index is -0.906. The van der Waals surface area contributed by atoms with E-state index in [2.05, 4.69) is 15.3 Å². The maximum atomic E-state index is 13.7. The lowest BCUT2D eigenvalue weighted by atomic mass is 9.99. The number of aliphatic hydroxyl groups excluding tert-OH is 2. The fourth-order valence-electron chi connectivity index (χ4n) is 2.50. The highest BCUT2D eigenvalue weighted by Crippen LogP contribution is 2.28. The summed E-state index contributed by atoms with van der Waals surface area (Å²) < 4.78 is 32.2. The Morgan fingerprint density at radius 2 is 1.89 bits per heavy atom. The Bertz CT molecular complexity index is 940. The van der Waals surface area contributed by atoms with Gasteiger partial charge in [0.15, 0.2) is 11.6 Å². The number of benzene rings is 2. The van der Waals surface area contributed by atoms with Gasteiger partial charge in [0.05, 0.1) is 24.3 Å². The molecule has 1 aromatic heterocycles. The number of nitrogens with zero attached hydrogens (tertiary/aromatic N) is 2. The molecule has 0 atom stereocenters. The van der Waals surface area contributed by atoms with Gasteiger partial charge in [-0.1, -0.05) is 6.92 Å². The van der Waals surface area contributed by atoms with Crippen LogP contribution in [-0.4, -0.2) is 38.9 Å². The summed E-state index contributed by atoms with van der Waals surface area (Å²) in [7, 11) is 0. The molecule has 0 bridgehead atoms. The van der Waals surface area contributed by atoms with Gasteiger partial charge in [0.2, 0.25) is 5.95 Å². The van der Waals surface area contributed by atoms with Crippen LogP contribution in [0.5, 0.6) is 11.5 Å². The fourth-order valence-corrected chi connectivity index (χ4v) is 2.50. The van der Waals surface area contributed by atoms with Crippen molar-refractivity contribution < 1.29 is 23.7 Å². The summed E-state index contributed by atoms with van der Waals surface area (Å²) in [6, 6.07) is 7.99. The highest BCUT2D eigenvalue weighted by atomic mass is 19.1. The Kier molecular flexibility index (Phi) is 5.48. The standard InChI is InChI=1S/C19H19F2N3O3/c1-2-19(10-25,11-26)24-18-22-9-12-7-14(4-5-16(12)23-18)27-17-6-3-13(20)8-15(17)21/h3-9,25-26H,2,10-11H2,1H3,(H,22,23,24). The number of fused-ring (bicyclic) bond motifs is 1. The molecule has 0 amide bonds. The Hall–Kier alpha value is -2.84. The van der Waals surface area contributed by atoms with Crippen molar-refractivity contribution in [2.45, 2.75) is 18.9 Å². The molecule has 1 heterocycles. The van der Waals surface area contributed by atoms with Gasteiger partial charge < -0.3 is 20.3 Å². The van der Waals surface area contributed by atoms with Gasteiger partial charge in [-0.25, -0.2) is 18.7 Å². The SMILES string of the molecule is CCC(CO)(CO)Nc1ncc2cc(Oc3ccc(F)cc3F)ccc2n1. The van der Waals surface area contributed by atoms with E-state index < -0.39 is 17.2 Å². The predicted octanol–water partition coefficient (Wildman–Crippen LogP) is 3.25. The molecule has 0 spiro atoms. The Morgan fingerprint density at radius 1 is 1.11 bits per heavy atom. The summed E-state index contributed by atoms with van der Waals surface area (Å²) in [5.41, 5.74) is -0.308. The molecule has 0 saturated carbocycles. The van der Waals surface area contributed by atoms with Crippen molar-refractivity contribution in [1.29, 1.82) is 0 Å². The summed E-state index contributed by atoms with van der Waals surface area (Å²) in [6.07, 6.45) is 2.03. The first-order chi connectivity index (χ1) is 13.0. The zero-order valence-electron chi connectivity index (χ0n) is 14.6. The molecule has 0 unspecified atom stereocenters. The summed E-state index contributed by atoms with van der Waals surface area (Å²) in [5.74, 6) is -0.944. The molecule has 0 radical (unpaired) electrons. The highest BCUT2D eigenvalue weighted by molar-refractivity contribution is 5.80. The van der Waals surface area contributed by atoms with Crippen LogP contribution in [0.2, 0.25) is 0 Å². The number of halogens is 2. The first-order valence-corrected chi connectivity index (χ1v) is 8.38. The van der Waals surface area contributed by atoms with Gasteiger partial charge in [0.25, 0.3) is 0 Å². The van der Waals surface area contributed by atoms with Crippen LogP contribution in [0, 0.1) is 11.6 Å². The van der Waals surface area contributed by atoms with E-state index in [0.717, 1.165) is 12.1 Å². The zero-order valence-corrected chi connectivity index (χ0v) is 14.6. The molecule has 0 fully saturated rings. The molecule has 2 aromatic carbocycles. The molecular formula is C19H19F2N3O3. The molecule has 142 valence electrons. The van der Waals surface area contributed by atoms with Crippen molar-refractivity contribution in [2.24, 2.45) is 0 Å². The number of aliphatic hydroxyl groups is 2. The normalized spacial score (nSPS) is 11.6. The monoisotopic (exact) mass is 375 g/mol. The van der Waals surface area contributed by atoms with Crippen LogP contribution < -0.4 is 10.1 Å². The average molecular weight is 375 g/mol. The molecule has 8 heteroatoms. The van der Waals surface area contributed by atoms with E-state index in [4.69, 9.17) is 4.74 Å². The Morgan fingerprint density at radius 3 is 2.56 bits per heavy atom. The number of hydrogen-bond acceptors (Lipinski definition) is 6. The molecular weight excluding hydrogens is 356 g/mol. The van der Waals surface area contributed by atoms with Crippen LogP contribution in [0.15, 0.2) is 42.6 Å². The number of anilines is 1. The number of ether oxygens (including phenoxy) is 1. The third-order valence-corrected chi connectivity index (χ3v) is 4.33. The van der Waals surface area contributed by atoms with Crippen LogP contribution in [-0.2, 0) is 0 Å². The van der Waals surface area contributed by atoms with Gasteiger partial charge in [-0.2, -0.15) is 0 Å². The minimum Gasteiger partial charge on any atom is -0.454 e. The third-order valence-electron chi connectivity index (χ3n) is 4.33. The predicted molar refractivity (Wildman–Crippen MR) is 96.8 cm³/mol. The maximum Gasteiger partial charge on any atom is 0.223 e. The lowest BCUT2D eigenvalue weighted by molar-refractivity contribution is 0.132. The van der Waals surface area contributed by atoms with Crippen molar-refractivity contribution in [3.8, 4) is 11.5 Å². The van der Waals surface area contributed by atoms with Gasteiger partial charge in [-0.05, 0) is 36.8 Å². The van der Waals surface area contributed by atoms with Crippen molar-refractivity contribution in [3.05, 3.63) is 54.2 Å². The van der Waals surface area contributed by atoms with E-state index in [9.17, 15) is 19.0 Å². The fraction of sp³-hybridized carbons (Fsp3) is 0.263. The highest BCUT2D eigenvalue weighted by Gasteiger charge is 2.27. The van der Waals surface area contributed by atoms with Gasteiger partial charge in [-0.3, -0.25) is 0 Å². The minimum absolute atomic E-state index is 0.0893. The topological polar surface area (TPSA) is 87.5 Å². The second-order valence-corrected chi connectivity index (χ2v) is 6.17. The quantitative estimate of drug-likeness (QED) is 0.588. The lowest BCUT2D eigenvalue weighted by Crippen LogP contribution is -2.45. The number of nitrogens with one attached hydrogen (secondary N) is 1. The van der Waals surface area contributed by atoms with Crippen molar-refractivity contribution in [3.63, 3.8) is 0 Å². The second-order valence-electron chi connectivity index (χ2n) is 6.17. The number of rotatable bonds is 7. The summed E-state index contributed by atoms with van der Waals surface area (Å²) >= 11 is 0. The summed E-state index contributed by atoms with van der Waals surface area (Å²) in [4.78, 5) is 8.55. The van der Waals surface area contributed by atoms with Crippen molar-refractivity contribution >= 4 is 16.9 Å². The summed E-state index contributed by atoms with van der Waals surface area (Å²) in [6.45, 7) is 1.30. The summed E-state index contributed by atoms with van der Waals surface area (Å²) in [5, 5.41) is 22.6. The van der Waals surface area contributed by atoms with E-state index in [1.54, 1.807) is 24.4 Å². The smallest absolute Gasteiger partial charge is 0.223 e. The molecule has 3 rings (SSSR count). The van der Waals surface area contributed by atoms with E-state index in [-0.39, 0.29) is 24.9 Å². The van der Waals surface area contributed by atoms with E-state index >= 15 is 0 Å². The van der Waals surface area contributed by atoms with Gasteiger partial charge >= 0.3 is 0 Å². The van der Waals surface area contributed by atoms with Crippen LogP contribution in [0.25, 0.3) is 10.9 Å². The zero-order chi connectivity index (χ0) is 19.4. The van der Waals surface area contributed by atoms with Crippen LogP contribution in [0.1, 0.15) is 13.3 Å². The third kappa shape index (κ3) is 4.12. The van der Waals surface area contributed by atoms with Crippen LogP contribution >= 0.6 is 0 Å². The number of hydrogen-bond donors (Lipinski definition) is 3. The molecule has 0 aliphatic carbocycles. The first kappa shape index (κ1) is 18.9. The Balaban J connectivity index is 1.85. The molecule has 27 heavy (non-hydrogen) atoms. The maximum absolute atomic E-state index is 13.7. The first-order valence-electron chi connectivity index (χ1n) is 8.38. The van der Waals surface area contributed by atoms with E-state index in [0.29, 0.717) is 23.1 Å². The Labute approximate surface area is 154 Å². The molecule has 6 nitrogen and oxygen atoms in total. The van der Waals surface area contributed by atoms with Crippen molar-refractivity contribution in [1.82, 2.24) is 9.97 Å². The molecule has 0 aliphatic heterocycles. The average Bonchev–Trinajstić information content (AvgIpc) is 2.68. The molecule has 3 N–H and O–H groups in total. The van der Waals surface area contributed by atoms with Crippen LogP contribution in [0.4, 0.5) is 14.7 Å².